The number of nitrogens with two attached hydrogens (primary N) is 1. The number of carbonyl (C=O) groups excluding carboxylic acids is 1. The second-order valence-corrected chi connectivity index (χ2v) is 9.41. The lowest BCUT2D eigenvalue weighted by molar-refractivity contribution is -0.119. The first kappa shape index (κ1) is 25.0. The Hall–Kier alpha value is -3.63. The van der Waals surface area contributed by atoms with Gasteiger partial charge in [0.05, 0.1) is 17.1 Å². The lowest BCUT2D eigenvalue weighted by Crippen LogP contribution is -2.44. The normalized spacial score (nSPS) is 11.0. The van der Waals surface area contributed by atoms with E-state index < -0.39 is 9.84 Å². The highest BCUT2D eigenvalue weighted by Crippen LogP contribution is 2.36. The highest BCUT2D eigenvalue weighted by molar-refractivity contribution is 7.91. The van der Waals surface area contributed by atoms with Crippen molar-refractivity contribution in [2.75, 3.05) is 36.6 Å². The predicted molar refractivity (Wildman–Crippen MR) is 132 cm³/mol. The average molecular weight is 484 g/mol. The first-order valence-electron chi connectivity index (χ1n) is 10.8. The molecule has 1 aromatic heterocycles. The van der Waals surface area contributed by atoms with Crippen molar-refractivity contribution in [2.24, 2.45) is 5.73 Å². The number of aryl methyl sites for hydroxylation is 1. The van der Waals surface area contributed by atoms with Gasteiger partial charge in [0.15, 0.2) is 0 Å². The number of aromatic nitrogens is 1. The third-order valence-corrected chi connectivity index (χ3v) is 6.83. The lowest BCUT2D eigenvalue weighted by Gasteiger charge is -2.28. The summed E-state index contributed by atoms with van der Waals surface area (Å²) < 4.78 is 33.1. The molecule has 0 aliphatic rings. The fourth-order valence-electron chi connectivity index (χ4n) is 3.46. The van der Waals surface area contributed by atoms with Gasteiger partial charge in [-0.2, -0.15) is 0 Å². The Bertz CT molecular complexity index is 1200. The van der Waals surface area contributed by atoms with E-state index >= 15 is 0 Å². The molecule has 180 valence electrons. The van der Waals surface area contributed by atoms with E-state index in [2.05, 4.69) is 15.7 Å². The molecule has 1 amide bonds. The van der Waals surface area contributed by atoms with Gasteiger partial charge in [0, 0.05) is 44.2 Å². The van der Waals surface area contributed by atoms with Crippen molar-refractivity contribution < 1.29 is 17.9 Å². The Labute approximate surface area is 199 Å². The van der Waals surface area contributed by atoms with Gasteiger partial charge in [-0.15, -0.1) is 0 Å². The summed E-state index contributed by atoms with van der Waals surface area (Å²) in [4.78, 5) is 16.1. The van der Waals surface area contributed by atoms with Crippen LogP contribution in [0.3, 0.4) is 0 Å². The number of hydrogen-bond donors (Lipinski definition) is 3. The van der Waals surface area contributed by atoms with Crippen LogP contribution < -0.4 is 26.2 Å². The topological polar surface area (TPSA) is 127 Å². The largest absolute Gasteiger partial charge is 0.492 e. The van der Waals surface area contributed by atoms with Crippen molar-refractivity contribution in [3.8, 4) is 5.75 Å². The molecule has 2 aromatic carbocycles. The number of amides is 1. The number of benzene rings is 2. The number of rotatable bonds is 11. The average Bonchev–Trinajstić information content (AvgIpc) is 2.82. The maximum absolute atomic E-state index is 13.6. The van der Waals surface area contributed by atoms with Gasteiger partial charge < -0.3 is 15.8 Å². The number of anilines is 2. The van der Waals surface area contributed by atoms with Crippen LogP contribution in [0.1, 0.15) is 12.5 Å². The van der Waals surface area contributed by atoms with Crippen LogP contribution in [0.2, 0.25) is 0 Å². The van der Waals surface area contributed by atoms with Gasteiger partial charge in [0.1, 0.15) is 17.3 Å². The van der Waals surface area contributed by atoms with E-state index in [4.69, 9.17) is 10.5 Å². The molecule has 0 aliphatic heterocycles. The van der Waals surface area contributed by atoms with Crippen LogP contribution in [0.4, 0.5) is 11.4 Å². The summed E-state index contributed by atoms with van der Waals surface area (Å²) in [7, 11) is -3.88. The van der Waals surface area contributed by atoms with Gasteiger partial charge >= 0.3 is 0 Å². The van der Waals surface area contributed by atoms with Gasteiger partial charge in [-0.3, -0.25) is 20.2 Å². The summed E-state index contributed by atoms with van der Waals surface area (Å²) in [6.45, 7) is 4.33. The summed E-state index contributed by atoms with van der Waals surface area (Å²) in [5.41, 5.74) is 10.1. The molecule has 0 unspecified atom stereocenters. The van der Waals surface area contributed by atoms with Gasteiger partial charge in [-0.25, -0.2) is 8.42 Å². The fourth-order valence-corrected chi connectivity index (χ4v) is 5.14. The van der Waals surface area contributed by atoms with Crippen molar-refractivity contribution in [2.45, 2.75) is 23.6 Å². The number of sulfone groups is 1. The van der Waals surface area contributed by atoms with Gasteiger partial charge in [0.2, 0.25) is 15.7 Å². The maximum Gasteiger partial charge on any atom is 0.235 e. The van der Waals surface area contributed by atoms with E-state index in [1.54, 1.807) is 61.8 Å². The Morgan fingerprint density at radius 2 is 1.82 bits per heavy atom. The van der Waals surface area contributed by atoms with Crippen LogP contribution in [0, 0.1) is 6.92 Å². The second kappa shape index (κ2) is 11.5. The van der Waals surface area contributed by atoms with Gasteiger partial charge in [-0.05, 0) is 42.8 Å². The fraction of sp³-hybridized carbons (Fsp3) is 0.250. The van der Waals surface area contributed by atoms with Gasteiger partial charge in [-0.1, -0.05) is 18.2 Å². The van der Waals surface area contributed by atoms with Crippen molar-refractivity contribution in [1.29, 1.82) is 0 Å². The Balaban J connectivity index is 1.95. The van der Waals surface area contributed by atoms with Crippen LogP contribution in [0.25, 0.3) is 0 Å². The molecule has 4 N–H and O–H groups in total. The molecule has 0 saturated carbocycles. The van der Waals surface area contributed by atoms with E-state index in [1.165, 1.54) is 11.9 Å². The van der Waals surface area contributed by atoms with Crippen LogP contribution in [0.5, 0.6) is 5.75 Å². The smallest absolute Gasteiger partial charge is 0.235 e. The summed E-state index contributed by atoms with van der Waals surface area (Å²) in [5, 5.41) is 4.68. The molecule has 0 fully saturated rings. The summed E-state index contributed by atoms with van der Waals surface area (Å²) in [5.74, 6) is 0.130. The molecule has 9 nitrogen and oxygen atoms in total. The molecule has 3 aromatic rings. The lowest BCUT2D eigenvalue weighted by atomic mass is 10.2. The van der Waals surface area contributed by atoms with E-state index in [0.29, 0.717) is 30.2 Å². The maximum atomic E-state index is 13.6. The molecule has 0 aliphatic carbocycles. The number of hydrogen-bond acceptors (Lipinski definition) is 8. The molecule has 0 bridgehead atoms. The molecule has 0 saturated heterocycles. The third kappa shape index (κ3) is 6.24. The van der Waals surface area contributed by atoms with Crippen molar-refractivity contribution in [3.63, 3.8) is 0 Å². The highest BCUT2D eigenvalue weighted by Gasteiger charge is 2.27. The zero-order chi connectivity index (χ0) is 24.6. The Kier molecular flexibility index (Phi) is 8.44. The molecule has 3 rings (SSSR count). The minimum absolute atomic E-state index is 0.0863. The van der Waals surface area contributed by atoms with E-state index in [0.717, 1.165) is 5.69 Å². The first-order chi connectivity index (χ1) is 16.3. The number of nitrogens with zero attached hydrogens (tertiary/aromatic N) is 2. The van der Waals surface area contributed by atoms with E-state index in [1.807, 2.05) is 12.1 Å². The Morgan fingerprint density at radius 1 is 1.12 bits per heavy atom. The number of pyridine rings is 1. The van der Waals surface area contributed by atoms with Crippen LogP contribution in [0.15, 0.2) is 76.8 Å². The highest BCUT2D eigenvalue weighted by atomic mass is 32.2. The standard InChI is InChI=1S/C24H29N5O4S/c1-18-16-21(33-15-13-27-20-8-11-26-12-9-20)17-23(29(14-10-25)28-19(2)30)24(18)34(31,32)22-6-4-3-5-7-22/h3-9,11-12,16-17H,10,13-15,25H2,1-2H3,(H,26,27)(H,28,30). The minimum Gasteiger partial charge on any atom is -0.492 e. The molecule has 0 radical (unpaired) electrons. The van der Waals surface area contributed by atoms with Gasteiger partial charge in [0.25, 0.3) is 0 Å². The van der Waals surface area contributed by atoms with Crippen LogP contribution >= 0.6 is 0 Å². The van der Waals surface area contributed by atoms with E-state index in [-0.39, 0.29) is 28.8 Å². The third-order valence-electron chi connectivity index (χ3n) is 4.87. The van der Waals surface area contributed by atoms with E-state index in [9.17, 15) is 13.2 Å². The van der Waals surface area contributed by atoms with Crippen molar-refractivity contribution >= 4 is 27.1 Å². The summed E-state index contributed by atoms with van der Waals surface area (Å²) >= 11 is 0. The summed E-state index contributed by atoms with van der Waals surface area (Å²) in [6.07, 6.45) is 3.39. The molecular weight excluding hydrogens is 454 g/mol. The molecule has 10 heteroatoms. The number of nitrogens with one attached hydrogen (secondary N) is 2. The van der Waals surface area contributed by atoms with Crippen molar-refractivity contribution in [3.05, 3.63) is 72.6 Å². The quantitative estimate of drug-likeness (QED) is 0.281. The molecular formula is C24H29N5O4S. The second-order valence-electron chi connectivity index (χ2n) is 7.52. The number of ether oxygens (including phenoxy) is 1. The molecule has 34 heavy (non-hydrogen) atoms. The van der Waals surface area contributed by atoms with Crippen LogP contribution in [-0.4, -0.2) is 45.6 Å². The first-order valence-corrected chi connectivity index (χ1v) is 12.3. The monoisotopic (exact) mass is 483 g/mol. The zero-order valence-corrected chi connectivity index (χ0v) is 20.0. The number of carbonyl (C=O) groups is 1. The zero-order valence-electron chi connectivity index (χ0n) is 19.2. The molecule has 0 atom stereocenters. The molecule has 0 spiro atoms. The van der Waals surface area contributed by atoms with Crippen LogP contribution in [-0.2, 0) is 14.6 Å². The number of hydrazine groups is 1. The SMILES string of the molecule is CC(=O)NN(CCN)c1cc(OCCNc2ccncc2)cc(C)c1S(=O)(=O)c1ccccc1. The van der Waals surface area contributed by atoms with Crippen molar-refractivity contribution in [1.82, 2.24) is 10.4 Å². The molecule has 1 heterocycles. The summed E-state index contributed by atoms with van der Waals surface area (Å²) in [6, 6.07) is 15.2. The minimum atomic E-state index is -3.88. The predicted octanol–water partition coefficient (Wildman–Crippen LogP) is 2.53. The Morgan fingerprint density at radius 3 is 2.47 bits per heavy atom.